The fourth-order valence-corrected chi connectivity index (χ4v) is 1.89. The number of nitrogens with one attached hydrogen (secondary N) is 1. The molecule has 0 aliphatic heterocycles. The first-order chi connectivity index (χ1) is 7.27. The highest BCUT2D eigenvalue weighted by Gasteiger charge is 2.12. The molecule has 0 saturated carbocycles. The van der Waals surface area contributed by atoms with Crippen LogP contribution >= 0.6 is 0 Å². The van der Waals surface area contributed by atoms with Crippen molar-refractivity contribution in [3.05, 3.63) is 30.3 Å². The normalized spacial score (nSPS) is 14.6. The van der Waals surface area contributed by atoms with Gasteiger partial charge < -0.3 is 5.32 Å². The van der Waals surface area contributed by atoms with Gasteiger partial charge in [0, 0.05) is 12.2 Å². The molecule has 84 valence electrons. The maximum absolute atomic E-state index is 3.51. The molecule has 1 aromatic rings. The van der Waals surface area contributed by atoms with E-state index in [1.165, 1.54) is 18.5 Å². The van der Waals surface area contributed by atoms with E-state index in [0.717, 1.165) is 18.4 Å². The summed E-state index contributed by atoms with van der Waals surface area (Å²) in [6.45, 7) is 8.00. The first kappa shape index (κ1) is 12.1. The van der Waals surface area contributed by atoms with Crippen molar-refractivity contribution in [1.29, 1.82) is 0 Å². The largest absolute Gasteiger partial charge is 0.385 e. The Morgan fingerprint density at radius 3 is 2.27 bits per heavy atom. The van der Waals surface area contributed by atoms with Crippen molar-refractivity contribution in [3.63, 3.8) is 0 Å². The lowest BCUT2D eigenvalue weighted by atomic mass is 9.89. The van der Waals surface area contributed by atoms with Gasteiger partial charge in [-0.2, -0.15) is 0 Å². The lowest BCUT2D eigenvalue weighted by Crippen LogP contribution is -2.20. The van der Waals surface area contributed by atoms with E-state index in [-0.39, 0.29) is 0 Å². The molecule has 0 amide bonds. The van der Waals surface area contributed by atoms with E-state index in [9.17, 15) is 0 Å². The minimum atomic E-state index is 0.787. The minimum Gasteiger partial charge on any atom is -0.385 e. The lowest BCUT2D eigenvalue weighted by molar-refractivity contribution is 0.354. The molecule has 0 fully saturated rings. The molecule has 0 radical (unpaired) electrons. The Morgan fingerprint density at radius 2 is 1.73 bits per heavy atom. The van der Waals surface area contributed by atoms with E-state index in [4.69, 9.17) is 0 Å². The zero-order valence-electron chi connectivity index (χ0n) is 10.2. The van der Waals surface area contributed by atoms with Gasteiger partial charge in [-0.1, -0.05) is 51.8 Å². The predicted octanol–water partition coefficient (Wildman–Crippen LogP) is 4.17. The third-order valence-corrected chi connectivity index (χ3v) is 3.32. The molecule has 15 heavy (non-hydrogen) atoms. The van der Waals surface area contributed by atoms with Crippen LogP contribution in [0.4, 0.5) is 5.69 Å². The molecule has 1 heteroatoms. The molecule has 2 atom stereocenters. The second kappa shape index (κ2) is 6.49. The molecule has 0 aromatic heterocycles. The molecular weight excluding hydrogens is 182 g/mol. The number of hydrogen-bond acceptors (Lipinski definition) is 1. The van der Waals surface area contributed by atoms with Crippen molar-refractivity contribution < 1.29 is 0 Å². The molecule has 0 spiro atoms. The monoisotopic (exact) mass is 205 g/mol. The van der Waals surface area contributed by atoms with Crippen molar-refractivity contribution >= 4 is 5.69 Å². The fraction of sp³-hybridized carbons (Fsp3) is 0.571. The van der Waals surface area contributed by atoms with Gasteiger partial charge >= 0.3 is 0 Å². The van der Waals surface area contributed by atoms with E-state index in [2.05, 4.69) is 56.4 Å². The van der Waals surface area contributed by atoms with Crippen molar-refractivity contribution in [1.82, 2.24) is 0 Å². The zero-order chi connectivity index (χ0) is 11.1. The van der Waals surface area contributed by atoms with Crippen molar-refractivity contribution in [2.24, 2.45) is 11.8 Å². The van der Waals surface area contributed by atoms with Gasteiger partial charge in [-0.3, -0.25) is 0 Å². The lowest BCUT2D eigenvalue weighted by Gasteiger charge is -2.22. The van der Waals surface area contributed by atoms with Gasteiger partial charge in [-0.05, 0) is 24.0 Å². The highest BCUT2D eigenvalue weighted by molar-refractivity contribution is 5.42. The van der Waals surface area contributed by atoms with E-state index in [0.29, 0.717) is 0 Å². The van der Waals surface area contributed by atoms with Crippen LogP contribution in [0, 0.1) is 11.8 Å². The quantitative estimate of drug-likeness (QED) is 0.735. The smallest absolute Gasteiger partial charge is 0.0340 e. The molecule has 1 aromatic carbocycles. The molecule has 1 N–H and O–H groups in total. The van der Waals surface area contributed by atoms with Gasteiger partial charge in [0.1, 0.15) is 0 Å². The van der Waals surface area contributed by atoms with Gasteiger partial charge in [0.2, 0.25) is 0 Å². The summed E-state index contributed by atoms with van der Waals surface area (Å²) >= 11 is 0. The summed E-state index contributed by atoms with van der Waals surface area (Å²) in [6.07, 6.45) is 2.53. The Labute approximate surface area is 93.9 Å². The van der Waals surface area contributed by atoms with Gasteiger partial charge in [0.15, 0.2) is 0 Å². The molecule has 0 aliphatic rings. The highest BCUT2D eigenvalue weighted by Crippen LogP contribution is 2.19. The van der Waals surface area contributed by atoms with Crippen LogP contribution in [0.2, 0.25) is 0 Å². The van der Waals surface area contributed by atoms with Crippen LogP contribution in [0.15, 0.2) is 30.3 Å². The highest BCUT2D eigenvalue weighted by atomic mass is 14.9. The Hall–Kier alpha value is -0.980. The van der Waals surface area contributed by atoms with Gasteiger partial charge in [0.05, 0.1) is 0 Å². The molecule has 0 saturated heterocycles. The van der Waals surface area contributed by atoms with Gasteiger partial charge in [-0.25, -0.2) is 0 Å². The maximum atomic E-state index is 3.51. The van der Waals surface area contributed by atoms with E-state index in [1.54, 1.807) is 0 Å². The Balaban J connectivity index is 2.41. The zero-order valence-corrected chi connectivity index (χ0v) is 10.2. The van der Waals surface area contributed by atoms with E-state index >= 15 is 0 Å². The van der Waals surface area contributed by atoms with E-state index < -0.39 is 0 Å². The fourth-order valence-electron chi connectivity index (χ4n) is 1.89. The third kappa shape index (κ3) is 3.94. The Kier molecular flexibility index (Phi) is 5.23. The van der Waals surface area contributed by atoms with Crippen LogP contribution in [0.25, 0.3) is 0 Å². The van der Waals surface area contributed by atoms with Crippen LogP contribution in [-0.2, 0) is 0 Å². The van der Waals surface area contributed by atoms with Gasteiger partial charge in [-0.15, -0.1) is 0 Å². The second-order valence-electron chi connectivity index (χ2n) is 4.30. The maximum Gasteiger partial charge on any atom is 0.0340 e. The van der Waals surface area contributed by atoms with Crippen molar-refractivity contribution in [2.75, 3.05) is 11.9 Å². The van der Waals surface area contributed by atoms with Gasteiger partial charge in [0.25, 0.3) is 0 Å². The standard InChI is InChI=1S/C14H23N/c1-4-12(3)13(5-2)11-15-14-9-7-6-8-10-14/h6-10,12-13,15H,4-5,11H2,1-3H3/t12-,13?/m0/s1. The first-order valence-corrected chi connectivity index (χ1v) is 6.06. The third-order valence-electron chi connectivity index (χ3n) is 3.32. The average molecular weight is 205 g/mol. The van der Waals surface area contributed by atoms with Crippen LogP contribution in [0.3, 0.4) is 0 Å². The predicted molar refractivity (Wildman–Crippen MR) is 68.2 cm³/mol. The molecule has 0 bridgehead atoms. The minimum absolute atomic E-state index is 0.787. The van der Waals surface area contributed by atoms with E-state index in [1.807, 2.05) is 0 Å². The molecule has 1 unspecified atom stereocenters. The van der Waals surface area contributed by atoms with Crippen LogP contribution in [0.1, 0.15) is 33.6 Å². The summed E-state index contributed by atoms with van der Waals surface area (Å²) in [5.41, 5.74) is 1.24. The average Bonchev–Trinajstić information content (AvgIpc) is 2.31. The summed E-state index contributed by atoms with van der Waals surface area (Å²) in [4.78, 5) is 0. The number of anilines is 1. The Morgan fingerprint density at radius 1 is 1.07 bits per heavy atom. The topological polar surface area (TPSA) is 12.0 Å². The number of benzene rings is 1. The summed E-state index contributed by atoms with van der Waals surface area (Å²) < 4.78 is 0. The summed E-state index contributed by atoms with van der Waals surface area (Å²) in [5.74, 6) is 1.60. The molecule has 1 rings (SSSR count). The number of para-hydroxylation sites is 1. The second-order valence-corrected chi connectivity index (χ2v) is 4.30. The Bertz CT molecular complexity index is 255. The number of hydrogen-bond donors (Lipinski definition) is 1. The van der Waals surface area contributed by atoms with Crippen LogP contribution in [-0.4, -0.2) is 6.54 Å². The van der Waals surface area contributed by atoms with Crippen molar-refractivity contribution in [3.8, 4) is 0 Å². The first-order valence-electron chi connectivity index (χ1n) is 6.06. The molecule has 0 heterocycles. The summed E-state index contributed by atoms with van der Waals surface area (Å²) in [7, 11) is 0. The summed E-state index contributed by atoms with van der Waals surface area (Å²) in [5, 5.41) is 3.51. The molecule has 1 nitrogen and oxygen atoms in total. The SMILES string of the molecule is CCC(CNc1ccccc1)[C@@H](C)CC. The van der Waals surface area contributed by atoms with Crippen LogP contribution in [0.5, 0.6) is 0 Å². The molecular formula is C14H23N. The molecule has 0 aliphatic carbocycles. The number of rotatable bonds is 6. The summed E-state index contributed by atoms with van der Waals surface area (Å²) in [6, 6.07) is 10.5. The van der Waals surface area contributed by atoms with Crippen molar-refractivity contribution in [2.45, 2.75) is 33.6 Å². The van der Waals surface area contributed by atoms with Crippen LogP contribution < -0.4 is 5.32 Å².